The zero-order valence-electron chi connectivity index (χ0n) is 19.1. The Morgan fingerprint density at radius 1 is 1.20 bits per heavy atom. The van der Waals surface area contributed by atoms with E-state index in [1.807, 2.05) is 24.3 Å². The van der Waals surface area contributed by atoms with Gasteiger partial charge in [0.1, 0.15) is 0 Å². The van der Waals surface area contributed by atoms with Crippen LogP contribution in [0.15, 0.2) is 29.3 Å². The van der Waals surface area contributed by atoms with Gasteiger partial charge in [-0.2, -0.15) is 4.31 Å². The van der Waals surface area contributed by atoms with E-state index >= 15 is 0 Å². The summed E-state index contributed by atoms with van der Waals surface area (Å²) in [6, 6.07) is 7.97. The molecule has 170 valence electrons. The predicted octanol–water partition coefficient (Wildman–Crippen LogP) is 2.73. The Balaban J connectivity index is 1.96. The molecule has 0 amide bonds. The average molecular weight is 439 g/mol. The summed E-state index contributed by atoms with van der Waals surface area (Å²) in [7, 11) is -1.61. The lowest BCUT2D eigenvalue weighted by atomic mass is 9.89. The van der Waals surface area contributed by atoms with Gasteiger partial charge >= 0.3 is 0 Å². The van der Waals surface area contributed by atoms with Crippen molar-refractivity contribution in [2.75, 3.05) is 33.4 Å². The summed E-state index contributed by atoms with van der Waals surface area (Å²) in [5.41, 5.74) is 2.07. The Morgan fingerprint density at radius 3 is 2.43 bits per heavy atom. The van der Waals surface area contributed by atoms with Gasteiger partial charge in [-0.25, -0.2) is 8.42 Å². The third-order valence-corrected chi connectivity index (χ3v) is 7.03. The Kier molecular flexibility index (Phi) is 9.12. The van der Waals surface area contributed by atoms with E-state index in [1.54, 1.807) is 7.05 Å². The SMILES string of the molecule is CN=C(NCc1ccccc1CS(=O)(=O)N1CCOCC1)NC(C)CCC(C)(C)C. The van der Waals surface area contributed by atoms with E-state index in [1.165, 1.54) is 4.31 Å². The first-order valence-electron chi connectivity index (χ1n) is 10.7. The molecule has 0 radical (unpaired) electrons. The fourth-order valence-electron chi connectivity index (χ4n) is 3.31. The van der Waals surface area contributed by atoms with Gasteiger partial charge < -0.3 is 15.4 Å². The first kappa shape index (κ1) is 24.6. The molecule has 2 rings (SSSR count). The van der Waals surface area contributed by atoms with E-state index in [4.69, 9.17) is 4.74 Å². The molecule has 0 saturated carbocycles. The summed E-state index contributed by atoms with van der Waals surface area (Å²) in [6.07, 6.45) is 2.18. The number of nitrogens with one attached hydrogen (secondary N) is 2. The highest BCUT2D eigenvalue weighted by Gasteiger charge is 2.25. The average Bonchev–Trinajstić information content (AvgIpc) is 2.70. The normalized spacial score (nSPS) is 17.6. The molecule has 1 unspecified atom stereocenters. The van der Waals surface area contributed by atoms with Crippen molar-refractivity contribution in [1.29, 1.82) is 0 Å². The molecule has 1 aliphatic heterocycles. The first-order chi connectivity index (χ1) is 14.1. The zero-order chi connectivity index (χ0) is 22.2. The van der Waals surface area contributed by atoms with Gasteiger partial charge in [-0.3, -0.25) is 4.99 Å². The van der Waals surface area contributed by atoms with Gasteiger partial charge in [0.15, 0.2) is 5.96 Å². The topological polar surface area (TPSA) is 83.0 Å². The quantitative estimate of drug-likeness (QED) is 0.482. The number of ether oxygens (including phenoxy) is 1. The molecule has 0 bridgehead atoms. The molecule has 1 aliphatic rings. The maximum atomic E-state index is 12.8. The van der Waals surface area contributed by atoms with E-state index in [0.29, 0.717) is 44.3 Å². The van der Waals surface area contributed by atoms with Crippen LogP contribution in [0.3, 0.4) is 0 Å². The minimum Gasteiger partial charge on any atom is -0.379 e. The summed E-state index contributed by atoms with van der Waals surface area (Å²) >= 11 is 0. The lowest BCUT2D eigenvalue weighted by Gasteiger charge is -2.26. The molecular formula is C22H38N4O3S. The molecule has 0 aliphatic carbocycles. The van der Waals surface area contributed by atoms with E-state index in [2.05, 4.69) is 43.3 Å². The van der Waals surface area contributed by atoms with Crippen LogP contribution in [0.25, 0.3) is 0 Å². The van der Waals surface area contributed by atoms with Crippen molar-refractivity contribution in [3.63, 3.8) is 0 Å². The van der Waals surface area contributed by atoms with Crippen LogP contribution in [-0.4, -0.2) is 58.1 Å². The van der Waals surface area contributed by atoms with E-state index in [9.17, 15) is 8.42 Å². The molecule has 7 nitrogen and oxygen atoms in total. The van der Waals surface area contributed by atoms with Crippen LogP contribution in [-0.2, 0) is 27.1 Å². The second-order valence-electron chi connectivity index (χ2n) is 9.11. The van der Waals surface area contributed by atoms with Crippen LogP contribution in [0.5, 0.6) is 0 Å². The number of aliphatic imine (C=N–C) groups is 1. The highest BCUT2D eigenvalue weighted by atomic mass is 32.2. The monoisotopic (exact) mass is 438 g/mol. The van der Waals surface area contributed by atoms with Gasteiger partial charge in [0, 0.05) is 32.7 Å². The van der Waals surface area contributed by atoms with Crippen molar-refractivity contribution in [1.82, 2.24) is 14.9 Å². The lowest BCUT2D eigenvalue weighted by molar-refractivity contribution is 0.0729. The molecule has 1 heterocycles. The fourth-order valence-corrected chi connectivity index (χ4v) is 4.87. The number of guanidine groups is 1. The number of nitrogens with zero attached hydrogens (tertiary/aromatic N) is 2. The van der Waals surface area contributed by atoms with Crippen LogP contribution in [0.2, 0.25) is 0 Å². The van der Waals surface area contributed by atoms with E-state index < -0.39 is 10.0 Å². The van der Waals surface area contributed by atoms with Crippen molar-refractivity contribution in [3.8, 4) is 0 Å². The molecule has 1 aromatic carbocycles. The highest BCUT2D eigenvalue weighted by molar-refractivity contribution is 7.88. The van der Waals surface area contributed by atoms with Crippen LogP contribution in [0.1, 0.15) is 51.7 Å². The van der Waals surface area contributed by atoms with Crippen LogP contribution in [0.4, 0.5) is 0 Å². The largest absolute Gasteiger partial charge is 0.379 e. The van der Waals surface area contributed by atoms with Crippen molar-refractivity contribution in [2.45, 2.75) is 58.9 Å². The van der Waals surface area contributed by atoms with E-state index in [0.717, 1.165) is 29.9 Å². The fraction of sp³-hybridized carbons (Fsp3) is 0.682. The molecule has 1 atom stereocenters. The number of hydrogen-bond acceptors (Lipinski definition) is 4. The van der Waals surface area contributed by atoms with Crippen LogP contribution in [0, 0.1) is 5.41 Å². The van der Waals surface area contributed by atoms with Gasteiger partial charge in [-0.1, -0.05) is 45.0 Å². The number of rotatable bonds is 8. The third-order valence-electron chi connectivity index (χ3n) is 5.20. The number of sulfonamides is 1. The predicted molar refractivity (Wildman–Crippen MR) is 123 cm³/mol. The van der Waals surface area contributed by atoms with Gasteiger partial charge in [0.2, 0.25) is 10.0 Å². The number of hydrogen-bond donors (Lipinski definition) is 2. The Hall–Kier alpha value is -1.64. The molecule has 30 heavy (non-hydrogen) atoms. The first-order valence-corrected chi connectivity index (χ1v) is 12.3. The third kappa shape index (κ3) is 8.24. The molecule has 1 aromatic rings. The summed E-state index contributed by atoms with van der Waals surface area (Å²) in [5, 5.41) is 6.76. The standard InChI is InChI=1S/C22H38N4O3S/c1-18(10-11-22(2,3)4)25-21(23-5)24-16-19-8-6-7-9-20(19)17-30(27,28)26-12-14-29-15-13-26/h6-9,18H,10-17H2,1-5H3,(H2,23,24,25). The smallest absolute Gasteiger partial charge is 0.218 e. The van der Waals surface area contributed by atoms with Crippen LogP contribution < -0.4 is 10.6 Å². The van der Waals surface area contributed by atoms with Gasteiger partial charge in [-0.05, 0) is 36.3 Å². The molecule has 1 saturated heterocycles. The lowest BCUT2D eigenvalue weighted by Crippen LogP contribution is -2.42. The Bertz CT molecular complexity index is 797. The van der Waals surface area contributed by atoms with Gasteiger partial charge in [0.25, 0.3) is 0 Å². The summed E-state index contributed by atoms with van der Waals surface area (Å²) in [5.74, 6) is 0.723. The second kappa shape index (κ2) is 11.1. The molecule has 2 N–H and O–H groups in total. The summed E-state index contributed by atoms with van der Waals surface area (Å²) in [6.45, 7) is 11.2. The highest BCUT2D eigenvalue weighted by Crippen LogP contribution is 2.21. The van der Waals surface area contributed by atoms with E-state index in [-0.39, 0.29) is 5.75 Å². The zero-order valence-corrected chi connectivity index (χ0v) is 19.9. The molecular weight excluding hydrogens is 400 g/mol. The van der Waals surface area contributed by atoms with Crippen molar-refractivity contribution in [3.05, 3.63) is 35.4 Å². The molecule has 1 fully saturated rings. The maximum Gasteiger partial charge on any atom is 0.218 e. The van der Waals surface area contributed by atoms with Gasteiger partial charge in [0.05, 0.1) is 19.0 Å². The summed E-state index contributed by atoms with van der Waals surface area (Å²) in [4.78, 5) is 4.32. The minimum atomic E-state index is -3.36. The van der Waals surface area contributed by atoms with Gasteiger partial charge in [-0.15, -0.1) is 0 Å². The molecule has 0 aromatic heterocycles. The van der Waals surface area contributed by atoms with Crippen molar-refractivity contribution < 1.29 is 13.2 Å². The maximum absolute atomic E-state index is 12.8. The second-order valence-corrected chi connectivity index (χ2v) is 11.1. The Labute approximate surface area is 182 Å². The number of benzene rings is 1. The summed E-state index contributed by atoms with van der Waals surface area (Å²) < 4.78 is 32.4. The van der Waals surface area contributed by atoms with Crippen molar-refractivity contribution in [2.24, 2.45) is 10.4 Å². The molecule has 0 spiro atoms. The van der Waals surface area contributed by atoms with Crippen LogP contribution >= 0.6 is 0 Å². The Morgan fingerprint density at radius 2 is 1.83 bits per heavy atom. The number of morpholine rings is 1. The molecule has 8 heteroatoms. The van der Waals surface area contributed by atoms with Crippen molar-refractivity contribution >= 4 is 16.0 Å². The minimum absolute atomic E-state index is 0.00112.